The van der Waals surface area contributed by atoms with Gasteiger partial charge in [0.1, 0.15) is 0 Å². The first-order chi connectivity index (χ1) is 12.1. The lowest BCUT2D eigenvalue weighted by atomic mass is 9.97. The van der Waals surface area contributed by atoms with E-state index >= 15 is 0 Å². The molecule has 1 aromatic rings. The summed E-state index contributed by atoms with van der Waals surface area (Å²) >= 11 is 0. The van der Waals surface area contributed by atoms with Crippen LogP contribution in [0.5, 0.6) is 0 Å². The van der Waals surface area contributed by atoms with E-state index in [2.05, 4.69) is 20.2 Å². The second-order valence-corrected chi connectivity index (χ2v) is 6.80. The molecule has 0 spiro atoms. The van der Waals surface area contributed by atoms with Crippen LogP contribution in [0.25, 0.3) is 0 Å². The van der Waals surface area contributed by atoms with Crippen LogP contribution in [0.2, 0.25) is 0 Å². The van der Waals surface area contributed by atoms with Crippen molar-refractivity contribution in [1.29, 1.82) is 0 Å². The van der Waals surface area contributed by atoms with Crippen molar-refractivity contribution in [2.24, 2.45) is 5.92 Å². The number of aromatic nitrogens is 2. The Balaban J connectivity index is 1.65. The Hall–Kier alpha value is -2.38. The first-order valence-corrected chi connectivity index (χ1v) is 8.85. The van der Waals surface area contributed by atoms with E-state index in [1.54, 1.807) is 12.4 Å². The van der Waals surface area contributed by atoms with E-state index in [-0.39, 0.29) is 17.7 Å². The van der Waals surface area contributed by atoms with Gasteiger partial charge in [-0.05, 0) is 12.8 Å². The van der Waals surface area contributed by atoms with E-state index in [0.717, 1.165) is 37.7 Å². The van der Waals surface area contributed by atoms with Gasteiger partial charge in [-0.3, -0.25) is 9.59 Å². The minimum atomic E-state index is -0.0851. The molecule has 2 aliphatic rings. The SMILES string of the molecule is CN(C)c1nccnc1N1CCCN(C(=O)C2CCC(=O)NC2)CC1. The maximum Gasteiger partial charge on any atom is 0.227 e. The molecule has 2 fully saturated rings. The Bertz CT molecular complexity index is 625. The van der Waals surface area contributed by atoms with Gasteiger partial charge in [-0.25, -0.2) is 9.97 Å². The van der Waals surface area contributed by atoms with Crippen LogP contribution in [0, 0.1) is 5.92 Å². The number of hydrogen-bond donors (Lipinski definition) is 1. The smallest absolute Gasteiger partial charge is 0.227 e. The van der Waals surface area contributed by atoms with Gasteiger partial charge in [-0.15, -0.1) is 0 Å². The van der Waals surface area contributed by atoms with Crippen molar-refractivity contribution in [3.8, 4) is 0 Å². The van der Waals surface area contributed by atoms with Crippen LogP contribution in [-0.2, 0) is 9.59 Å². The van der Waals surface area contributed by atoms with Gasteiger partial charge in [0.25, 0.3) is 0 Å². The number of piperidine rings is 1. The molecule has 8 nitrogen and oxygen atoms in total. The molecule has 2 saturated heterocycles. The number of anilines is 2. The summed E-state index contributed by atoms with van der Waals surface area (Å²) in [6.07, 6.45) is 5.40. The van der Waals surface area contributed by atoms with E-state index in [0.29, 0.717) is 25.9 Å². The number of hydrogen-bond acceptors (Lipinski definition) is 6. The van der Waals surface area contributed by atoms with E-state index in [9.17, 15) is 9.59 Å². The number of carbonyl (C=O) groups is 2. The van der Waals surface area contributed by atoms with E-state index < -0.39 is 0 Å². The summed E-state index contributed by atoms with van der Waals surface area (Å²) < 4.78 is 0. The molecule has 0 aromatic carbocycles. The van der Waals surface area contributed by atoms with Gasteiger partial charge in [0.2, 0.25) is 11.8 Å². The molecule has 3 heterocycles. The molecule has 2 aliphatic heterocycles. The third kappa shape index (κ3) is 4.00. The van der Waals surface area contributed by atoms with E-state index in [1.807, 2.05) is 23.9 Å². The average Bonchev–Trinajstić information content (AvgIpc) is 2.88. The Morgan fingerprint density at radius 3 is 2.72 bits per heavy atom. The molecule has 8 heteroatoms. The molecule has 0 saturated carbocycles. The molecule has 3 rings (SSSR count). The van der Waals surface area contributed by atoms with Crippen molar-refractivity contribution in [3.63, 3.8) is 0 Å². The van der Waals surface area contributed by atoms with Crippen LogP contribution in [0.15, 0.2) is 12.4 Å². The maximum absolute atomic E-state index is 12.8. The van der Waals surface area contributed by atoms with Gasteiger partial charge in [-0.1, -0.05) is 0 Å². The van der Waals surface area contributed by atoms with Gasteiger partial charge in [0.15, 0.2) is 11.6 Å². The summed E-state index contributed by atoms with van der Waals surface area (Å²) in [6.45, 7) is 3.48. The lowest BCUT2D eigenvalue weighted by Crippen LogP contribution is -2.46. The molecule has 0 bridgehead atoms. The minimum absolute atomic E-state index is 0.0463. The normalized spacial score (nSPS) is 21.5. The zero-order chi connectivity index (χ0) is 17.8. The molecule has 1 unspecified atom stereocenters. The predicted molar refractivity (Wildman–Crippen MR) is 95.5 cm³/mol. The fourth-order valence-corrected chi connectivity index (χ4v) is 3.41. The van der Waals surface area contributed by atoms with Crippen molar-refractivity contribution in [3.05, 3.63) is 12.4 Å². The fourth-order valence-electron chi connectivity index (χ4n) is 3.41. The fraction of sp³-hybridized carbons (Fsp3) is 0.647. The largest absolute Gasteiger partial charge is 0.360 e. The highest BCUT2D eigenvalue weighted by molar-refractivity contribution is 5.83. The van der Waals surface area contributed by atoms with Gasteiger partial charge >= 0.3 is 0 Å². The molecule has 1 aromatic heterocycles. The first kappa shape index (κ1) is 17.4. The number of carbonyl (C=O) groups excluding carboxylic acids is 2. The zero-order valence-electron chi connectivity index (χ0n) is 14.9. The van der Waals surface area contributed by atoms with E-state index in [1.165, 1.54) is 0 Å². The third-order valence-electron chi connectivity index (χ3n) is 4.81. The molecular formula is C17H26N6O2. The molecule has 2 amide bonds. The lowest BCUT2D eigenvalue weighted by molar-refractivity contribution is -0.137. The first-order valence-electron chi connectivity index (χ1n) is 8.85. The molecule has 1 N–H and O–H groups in total. The van der Waals surface area contributed by atoms with Crippen LogP contribution in [0.3, 0.4) is 0 Å². The van der Waals surface area contributed by atoms with Crippen molar-refractivity contribution in [1.82, 2.24) is 20.2 Å². The number of nitrogens with one attached hydrogen (secondary N) is 1. The van der Waals surface area contributed by atoms with Gasteiger partial charge < -0.3 is 20.0 Å². The highest BCUT2D eigenvalue weighted by Gasteiger charge is 2.30. The summed E-state index contributed by atoms with van der Waals surface area (Å²) in [5, 5.41) is 2.80. The van der Waals surface area contributed by atoms with Gasteiger partial charge in [0.05, 0.1) is 5.92 Å². The van der Waals surface area contributed by atoms with Crippen LogP contribution in [0.4, 0.5) is 11.6 Å². The predicted octanol–water partition coefficient (Wildman–Crippen LogP) is 0.108. The standard InChI is InChI=1S/C17H26N6O2/c1-21(2)15-16(19-7-6-18-15)22-8-3-9-23(11-10-22)17(25)13-4-5-14(24)20-12-13/h6-7,13H,3-5,8-12H2,1-2H3,(H,20,24). The van der Waals surface area contributed by atoms with Crippen LogP contribution < -0.4 is 15.1 Å². The summed E-state index contributed by atoms with van der Waals surface area (Å²) in [7, 11) is 3.91. The summed E-state index contributed by atoms with van der Waals surface area (Å²) in [5.41, 5.74) is 0. The minimum Gasteiger partial charge on any atom is -0.360 e. The topological polar surface area (TPSA) is 81.7 Å². The Morgan fingerprint density at radius 2 is 2.00 bits per heavy atom. The molecule has 1 atom stereocenters. The van der Waals surface area contributed by atoms with Gasteiger partial charge in [-0.2, -0.15) is 0 Å². The maximum atomic E-state index is 12.8. The number of nitrogens with zero attached hydrogens (tertiary/aromatic N) is 5. The second kappa shape index (κ2) is 7.67. The Labute approximate surface area is 148 Å². The molecular weight excluding hydrogens is 320 g/mol. The second-order valence-electron chi connectivity index (χ2n) is 6.80. The molecule has 136 valence electrons. The molecule has 25 heavy (non-hydrogen) atoms. The number of rotatable bonds is 3. The van der Waals surface area contributed by atoms with E-state index in [4.69, 9.17) is 0 Å². The van der Waals surface area contributed by atoms with Gasteiger partial charge in [0, 0.05) is 65.6 Å². The quantitative estimate of drug-likeness (QED) is 0.836. The average molecular weight is 346 g/mol. The van der Waals surface area contributed by atoms with Crippen molar-refractivity contribution in [2.75, 3.05) is 56.6 Å². The van der Waals surface area contributed by atoms with Crippen molar-refractivity contribution >= 4 is 23.5 Å². The monoisotopic (exact) mass is 346 g/mol. The lowest BCUT2D eigenvalue weighted by Gasteiger charge is -2.29. The van der Waals surface area contributed by atoms with Crippen molar-refractivity contribution < 1.29 is 9.59 Å². The van der Waals surface area contributed by atoms with Crippen LogP contribution >= 0.6 is 0 Å². The Kier molecular flexibility index (Phi) is 5.35. The summed E-state index contributed by atoms with van der Waals surface area (Å²) in [4.78, 5) is 39.1. The number of amides is 2. The third-order valence-corrected chi connectivity index (χ3v) is 4.81. The summed E-state index contributed by atoms with van der Waals surface area (Å²) in [6, 6.07) is 0. The van der Waals surface area contributed by atoms with Crippen molar-refractivity contribution in [2.45, 2.75) is 19.3 Å². The molecule has 0 radical (unpaired) electrons. The van der Waals surface area contributed by atoms with Crippen LogP contribution in [-0.4, -0.2) is 73.5 Å². The molecule has 0 aliphatic carbocycles. The van der Waals surface area contributed by atoms with Crippen LogP contribution in [0.1, 0.15) is 19.3 Å². The highest BCUT2D eigenvalue weighted by atomic mass is 16.2. The Morgan fingerprint density at radius 1 is 1.20 bits per heavy atom. The summed E-state index contributed by atoms with van der Waals surface area (Å²) in [5.74, 6) is 1.83. The zero-order valence-corrected chi connectivity index (χ0v) is 14.9. The highest BCUT2D eigenvalue weighted by Crippen LogP contribution is 2.24.